The van der Waals surface area contributed by atoms with Gasteiger partial charge in [0.15, 0.2) is 0 Å². The maximum atomic E-state index is 13.0. The van der Waals surface area contributed by atoms with E-state index < -0.39 is 0 Å². The summed E-state index contributed by atoms with van der Waals surface area (Å²) >= 11 is 1.66. The Morgan fingerprint density at radius 2 is 1.53 bits per heavy atom. The van der Waals surface area contributed by atoms with Crippen molar-refractivity contribution in [2.24, 2.45) is 17.0 Å². The van der Waals surface area contributed by atoms with Crippen LogP contribution in [-0.2, 0) is 9.63 Å². The first-order valence-corrected chi connectivity index (χ1v) is 11.7. The quantitative estimate of drug-likeness (QED) is 0.217. The van der Waals surface area contributed by atoms with Crippen LogP contribution in [0.25, 0.3) is 0 Å². The maximum absolute atomic E-state index is 13.0. The molecule has 0 bridgehead atoms. The highest BCUT2D eigenvalue weighted by atomic mass is 32.2. The summed E-state index contributed by atoms with van der Waals surface area (Å²) in [5, 5.41) is 4.06. The van der Waals surface area contributed by atoms with Gasteiger partial charge in [-0.25, -0.2) is 4.79 Å². The molecule has 0 unspecified atom stereocenters. The van der Waals surface area contributed by atoms with Crippen LogP contribution in [0.15, 0.2) is 69.5 Å². The molecule has 2 saturated carbocycles. The Labute approximate surface area is 182 Å². The van der Waals surface area contributed by atoms with Gasteiger partial charge >= 0.3 is 5.97 Å². The van der Waals surface area contributed by atoms with E-state index in [2.05, 4.69) is 17.3 Å². The summed E-state index contributed by atoms with van der Waals surface area (Å²) in [6.07, 6.45) is 7.82. The second kappa shape index (κ2) is 10.1. The summed E-state index contributed by atoms with van der Waals surface area (Å²) in [4.78, 5) is 32.8. The van der Waals surface area contributed by atoms with Gasteiger partial charge in [-0.15, -0.1) is 0 Å². The van der Waals surface area contributed by atoms with Crippen molar-refractivity contribution < 1.29 is 14.4 Å². The smallest absolute Gasteiger partial charge is 0.318 e. The van der Waals surface area contributed by atoms with E-state index in [1.807, 2.05) is 42.5 Å². The Morgan fingerprint density at radius 1 is 0.867 bits per heavy atom. The first-order chi connectivity index (χ1) is 14.7. The van der Waals surface area contributed by atoms with Gasteiger partial charge in [-0.05, 0) is 74.4 Å². The molecule has 0 spiro atoms. The number of Topliss-reactive ketones (excluding diaryl/α,β-unsaturated/α-hetero) is 1. The highest BCUT2D eigenvalue weighted by Gasteiger charge is 2.28. The van der Waals surface area contributed by atoms with Gasteiger partial charge in [-0.2, -0.15) is 0 Å². The molecule has 0 N–H and O–H groups in total. The van der Waals surface area contributed by atoms with E-state index >= 15 is 0 Å². The number of benzene rings is 2. The molecule has 30 heavy (non-hydrogen) atoms. The van der Waals surface area contributed by atoms with E-state index in [1.54, 1.807) is 11.8 Å². The number of hydrogen-bond acceptors (Lipinski definition) is 5. The molecule has 0 aliphatic heterocycles. The minimum Gasteiger partial charge on any atom is -0.318 e. The molecule has 4 nitrogen and oxygen atoms in total. The van der Waals surface area contributed by atoms with Crippen molar-refractivity contribution in [3.8, 4) is 0 Å². The minimum atomic E-state index is -0.287. The van der Waals surface area contributed by atoms with Gasteiger partial charge in [0, 0.05) is 15.4 Å². The Hall–Kier alpha value is -2.40. The lowest BCUT2D eigenvalue weighted by Gasteiger charge is -2.18. The topological polar surface area (TPSA) is 55.7 Å². The predicted molar refractivity (Wildman–Crippen MR) is 119 cm³/mol. The van der Waals surface area contributed by atoms with Crippen molar-refractivity contribution in [1.29, 1.82) is 0 Å². The average molecular weight is 422 g/mol. The number of oxime groups is 1. The maximum Gasteiger partial charge on any atom is 0.338 e. The molecule has 0 aromatic heterocycles. The van der Waals surface area contributed by atoms with Crippen molar-refractivity contribution in [2.45, 2.75) is 61.2 Å². The molecule has 2 aromatic carbocycles. The standard InChI is InChI=1S/C25H27NO3S/c27-24(19-13-15-22(16-14-19)30-21-9-5-2-6-10-21)23(17-18-11-12-18)26-29-25(28)20-7-3-1-4-8-20/h2,5-6,9-10,13-16,18,20H,1,3-4,7-8,11-12,17H2/b26-23+. The third kappa shape index (κ3) is 5.82. The summed E-state index contributed by atoms with van der Waals surface area (Å²) in [7, 11) is 0. The number of rotatable bonds is 8. The van der Waals surface area contributed by atoms with Gasteiger partial charge in [-0.1, -0.05) is 54.4 Å². The lowest BCUT2D eigenvalue weighted by atomic mass is 9.89. The minimum absolute atomic E-state index is 0.0749. The summed E-state index contributed by atoms with van der Waals surface area (Å²) < 4.78 is 0. The van der Waals surface area contributed by atoms with Gasteiger partial charge in [0.05, 0.1) is 5.92 Å². The third-order valence-corrected chi connectivity index (χ3v) is 6.74. The normalized spacial score (nSPS) is 17.5. The highest BCUT2D eigenvalue weighted by molar-refractivity contribution is 7.99. The lowest BCUT2D eigenvalue weighted by molar-refractivity contribution is -0.149. The SMILES string of the molecule is O=C(/C(CC1CC1)=N/OC(=O)C1CCCCC1)c1ccc(Sc2ccccc2)cc1. The van der Waals surface area contributed by atoms with Crippen LogP contribution < -0.4 is 0 Å². The van der Waals surface area contributed by atoms with E-state index in [4.69, 9.17) is 4.84 Å². The fourth-order valence-corrected chi connectivity index (χ4v) is 4.58. The zero-order chi connectivity index (χ0) is 20.8. The molecule has 5 heteroatoms. The van der Waals surface area contributed by atoms with E-state index in [-0.39, 0.29) is 17.7 Å². The number of nitrogens with zero attached hydrogens (tertiary/aromatic N) is 1. The van der Waals surface area contributed by atoms with Gasteiger partial charge in [0.2, 0.25) is 5.78 Å². The van der Waals surface area contributed by atoms with Crippen LogP contribution in [0.1, 0.15) is 61.7 Å². The molecule has 2 fully saturated rings. The van der Waals surface area contributed by atoms with Crippen LogP contribution in [0.2, 0.25) is 0 Å². The average Bonchev–Trinajstić information content (AvgIpc) is 3.62. The highest BCUT2D eigenvalue weighted by Crippen LogP contribution is 2.34. The van der Waals surface area contributed by atoms with Gasteiger partial charge < -0.3 is 4.84 Å². The summed E-state index contributed by atoms with van der Waals surface area (Å²) in [6, 6.07) is 17.7. The molecule has 2 aliphatic rings. The third-order valence-electron chi connectivity index (χ3n) is 5.72. The predicted octanol–water partition coefficient (Wildman–Crippen LogP) is 6.30. The molecule has 0 saturated heterocycles. The summed E-state index contributed by atoms with van der Waals surface area (Å²) in [6.45, 7) is 0. The first kappa shape index (κ1) is 20.9. The van der Waals surface area contributed by atoms with Crippen molar-refractivity contribution in [3.63, 3.8) is 0 Å². The van der Waals surface area contributed by atoms with E-state index in [0.717, 1.165) is 48.3 Å². The van der Waals surface area contributed by atoms with Crippen molar-refractivity contribution in [1.82, 2.24) is 0 Å². The molecule has 156 valence electrons. The molecule has 2 aromatic rings. The fourth-order valence-electron chi connectivity index (χ4n) is 3.75. The van der Waals surface area contributed by atoms with Crippen LogP contribution >= 0.6 is 11.8 Å². The largest absolute Gasteiger partial charge is 0.338 e. The second-order valence-electron chi connectivity index (χ2n) is 8.20. The number of ketones is 1. The van der Waals surface area contributed by atoms with Crippen LogP contribution in [-0.4, -0.2) is 17.5 Å². The summed E-state index contributed by atoms with van der Waals surface area (Å²) in [5.41, 5.74) is 0.950. The van der Waals surface area contributed by atoms with E-state index in [1.165, 1.54) is 6.42 Å². The van der Waals surface area contributed by atoms with E-state index in [0.29, 0.717) is 23.6 Å². The van der Waals surface area contributed by atoms with Crippen LogP contribution in [0, 0.1) is 11.8 Å². The number of carbonyl (C=O) groups is 2. The fraction of sp³-hybridized carbons (Fsp3) is 0.400. The first-order valence-electron chi connectivity index (χ1n) is 10.8. The molecule has 2 aliphatic carbocycles. The monoisotopic (exact) mass is 421 g/mol. The second-order valence-corrected chi connectivity index (χ2v) is 9.35. The van der Waals surface area contributed by atoms with Gasteiger partial charge in [-0.3, -0.25) is 4.79 Å². The zero-order valence-corrected chi connectivity index (χ0v) is 17.9. The van der Waals surface area contributed by atoms with Crippen molar-refractivity contribution >= 4 is 29.2 Å². The van der Waals surface area contributed by atoms with E-state index in [9.17, 15) is 9.59 Å². The number of carbonyl (C=O) groups excluding carboxylic acids is 2. The van der Waals surface area contributed by atoms with Crippen molar-refractivity contribution in [2.75, 3.05) is 0 Å². The molecular weight excluding hydrogens is 394 g/mol. The summed E-state index contributed by atoms with van der Waals surface area (Å²) in [5.74, 6) is -0.0249. The van der Waals surface area contributed by atoms with Crippen molar-refractivity contribution in [3.05, 3.63) is 60.2 Å². The Morgan fingerprint density at radius 3 is 2.20 bits per heavy atom. The van der Waals surface area contributed by atoms with Crippen LogP contribution in [0.4, 0.5) is 0 Å². The molecular formula is C25H27NO3S. The Balaban J connectivity index is 1.42. The van der Waals surface area contributed by atoms with Gasteiger partial charge in [0.1, 0.15) is 5.71 Å². The molecule has 0 heterocycles. The molecule has 0 amide bonds. The number of hydrogen-bond donors (Lipinski definition) is 0. The van der Waals surface area contributed by atoms with Crippen LogP contribution in [0.3, 0.4) is 0 Å². The Kier molecular flexibility index (Phi) is 7.00. The van der Waals surface area contributed by atoms with Gasteiger partial charge in [0.25, 0.3) is 0 Å². The molecule has 0 atom stereocenters. The lowest BCUT2D eigenvalue weighted by Crippen LogP contribution is -2.21. The van der Waals surface area contributed by atoms with Crippen LogP contribution in [0.5, 0.6) is 0 Å². The molecule has 4 rings (SSSR count). The zero-order valence-electron chi connectivity index (χ0n) is 17.1. The Bertz CT molecular complexity index is 898. The molecule has 0 radical (unpaired) electrons.